The topological polar surface area (TPSA) is 88.1 Å². The summed E-state index contributed by atoms with van der Waals surface area (Å²) >= 11 is 1.23. The van der Waals surface area contributed by atoms with Crippen molar-refractivity contribution >= 4 is 29.1 Å². The Bertz CT molecular complexity index is 947. The molecule has 8 heteroatoms. The zero-order valence-electron chi connectivity index (χ0n) is 21.9. The van der Waals surface area contributed by atoms with Crippen molar-refractivity contribution in [2.75, 3.05) is 18.4 Å². The number of amides is 1. The zero-order chi connectivity index (χ0) is 25.8. The first-order chi connectivity index (χ1) is 16.3. The first-order valence-electron chi connectivity index (χ1n) is 12.6. The van der Waals surface area contributed by atoms with Gasteiger partial charge in [0, 0.05) is 24.5 Å². The van der Waals surface area contributed by atoms with Crippen molar-refractivity contribution in [1.29, 1.82) is 0 Å². The van der Waals surface area contributed by atoms with Gasteiger partial charge in [-0.05, 0) is 86.1 Å². The molecule has 1 amide bonds. The van der Waals surface area contributed by atoms with Gasteiger partial charge in [0.1, 0.15) is 10.5 Å². The molecule has 1 saturated carbocycles. The molecule has 2 aliphatic rings. The molecule has 0 bridgehead atoms. The van der Waals surface area contributed by atoms with E-state index < -0.39 is 11.6 Å². The summed E-state index contributed by atoms with van der Waals surface area (Å²) in [5, 5.41) is 13.1. The highest BCUT2D eigenvalue weighted by atomic mass is 32.1. The van der Waals surface area contributed by atoms with Crippen LogP contribution < -0.4 is 5.32 Å². The number of rotatable bonds is 5. The predicted molar refractivity (Wildman–Crippen MR) is 139 cm³/mol. The van der Waals surface area contributed by atoms with Gasteiger partial charge in [-0.3, -0.25) is 0 Å². The third kappa shape index (κ3) is 8.73. The number of likely N-dealkylation sites (tertiary alicyclic amines) is 1. The zero-order valence-corrected chi connectivity index (χ0v) is 22.7. The maximum absolute atomic E-state index is 12.3. The number of carbonyl (C=O) groups excluding carboxylic acids is 1. The van der Waals surface area contributed by atoms with E-state index >= 15 is 0 Å². The Morgan fingerprint density at radius 1 is 1.03 bits per heavy atom. The smallest absolute Gasteiger partial charge is 0.410 e. The first-order valence-corrected chi connectivity index (χ1v) is 13.4. The van der Waals surface area contributed by atoms with Crippen LogP contribution in [-0.2, 0) is 9.47 Å². The van der Waals surface area contributed by atoms with Crippen LogP contribution in [0.15, 0.2) is 6.07 Å². The number of nitrogens with zero attached hydrogens (tertiary/aromatic N) is 1. The average Bonchev–Trinajstić information content (AvgIpc) is 3.16. The molecule has 2 heterocycles. The molecule has 1 aromatic rings. The van der Waals surface area contributed by atoms with Crippen molar-refractivity contribution < 1.29 is 24.2 Å². The quantitative estimate of drug-likeness (QED) is 0.480. The predicted octanol–water partition coefficient (Wildman–Crippen LogP) is 5.98. The van der Waals surface area contributed by atoms with Crippen molar-refractivity contribution in [3.05, 3.63) is 15.8 Å². The van der Waals surface area contributed by atoms with Crippen LogP contribution in [0, 0.1) is 17.3 Å². The lowest BCUT2D eigenvalue weighted by Gasteiger charge is -2.36. The molecule has 194 valence electrons. The van der Waals surface area contributed by atoms with Gasteiger partial charge in [-0.2, -0.15) is 0 Å². The van der Waals surface area contributed by atoms with Gasteiger partial charge in [0.15, 0.2) is 0 Å². The maximum atomic E-state index is 12.3. The lowest BCUT2D eigenvalue weighted by atomic mass is 9.92. The molecule has 3 rings (SSSR count). The summed E-state index contributed by atoms with van der Waals surface area (Å²) in [7, 11) is 0. The van der Waals surface area contributed by atoms with Crippen LogP contribution >= 0.6 is 11.3 Å². The average molecular weight is 505 g/mol. The van der Waals surface area contributed by atoms with Crippen molar-refractivity contribution in [2.45, 2.75) is 104 Å². The standard InChI is InChI=1S/C27H40N2O5S/c1-26(2,3)14-11-21-17-22(23(35-21)24(30)31)28-18-7-9-19(10-8-18)33-20-12-15-29(16-13-20)25(32)34-27(4,5)6/h17-20,28H,7-10,12-13,15-16H2,1-6H3,(H,30,31)/t18-,19-. The second kappa shape index (κ2) is 11.2. The van der Waals surface area contributed by atoms with Gasteiger partial charge in [0.25, 0.3) is 0 Å². The summed E-state index contributed by atoms with van der Waals surface area (Å²) in [4.78, 5) is 26.9. The number of ether oxygens (including phenoxy) is 2. The third-order valence-corrected chi connectivity index (χ3v) is 7.04. The summed E-state index contributed by atoms with van der Waals surface area (Å²) in [6.07, 6.45) is 5.52. The Kier molecular flexibility index (Phi) is 8.76. The van der Waals surface area contributed by atoms with Crippen molar-refractivity contribution in [1.82, 2.24) is 4.90 Å². The van der Waals surface area contributed by atoms with Gasteiger partial charge in [0.05, 0.1) is 22.8 Å². The summed E-state index contributed by atoms with van der Waals surface area (Å²) < 4.78 is 11.8. The molecule has 1 aliphatic heterocycles. The molecular formula is C27H40N2O5S. The molecular weight excluding hydrogens is 464 g/mol. The number of anilines is 1. The van der Waals surface area contributed by atoms with Crippen LogP contribution in [-0.4, -0.2) is 59.0 Å². The Hall–Kier alpha value is -2.24. The highest BCUT2D eigenvalue weighted by Gasteiger charge is 2.30. The minimum absolute atomic E-state index is 0.133. The molecule has 0 spiro atoms. The largest absolute Gasteiger partial charge is 0.477 e. The van der Waals surface area contributed by atoms with Crippen LogP contribution in [0.3, 0.4) is 0 Å². The second-order valence-electron chi connectivity index (χ2n) is 11.6. The molecule has 0 atom stereocenters. The van der Waals surface area contributed by atoms with Crippen LogP contribution in [0.4, 0.5) is 10.5 Å². The number of carboxylic acid groups (broad SMARTS) is 1. The molecule has 0 radical (unpaired) electrons. The van der Waals surface area contributed by atoms with Crippen LogP contribution in [0.1, 0.15) is 94.6 Å². The Labute approximate surface area is 213 Å². The van der Waals surface area contributed by atoms with Gasteiger partial charge < -0.3 is 24.8 Å². The van der Waals surface area contributed by atoms with E-state index in [1.807, 2.05) is 47.6 Å². The number of nitrogens with one attached hydrogen (secondary N) is 1. The SMILES string of the molecule is CC(C)(C)C#Cc1cc(N[C@H]2CC[C@H](OC3CCN(C(=O)OC(C)(C)C)CC3)CC2)c(C(=O)O)s1. The van der Waals surface area contributed by atoms with E-state index in [9.17, 15) is 14.7 Å². The lowest BCUT2D eigenvalue weighted by Crippen LogP contribution is -2.44. The minimum atomic E-state index is -0.920. The van der Waals surface area contributed by atoms with E-state index in [1.165, 1.54) is 11.3 Å². The van der Waals surface area contributed by atoms with Gasteiger partial charge in [-0.15, -0.1) is 11.3 Å². The Balaban J connectivity index is 1.46. The van der Waals surface area contributed by atoms with Crippen molar-refractivity contribution in [2.24, 2.45) is 5.41 Å². The highest BCUT2D eigenvalue weighted by Crippen LogP contribution is 2.32. The Morgan fingerprint density at radius 2 is 1.63 bits per heavy atom. The van der Waals surface area contributed by atoms with E-state index in [1.54, 1.807) is 4.90 Å². The van der Waals surface area contributed by atoms with E-state index in [2.05, 4.69) is 17.2 Å². The molecule has 2 N–H and O–H groups in total. The van der Waals surface area contributed by atoms with E-state index in [0.29, 0.717) is 23.7 Å². The van der Waals surface area contributed by atoms with E-state index in [0.717, 1.165) is 43.4 Å². The molecule has 1 saturated heterocycles. The number of hydrogen-bond acceptors (Lipinski definition) is 6. The fourth-order valence-corrected chi connectivity index (χ4v) is 5.12. The molecule has 1 aliphatic carbocycles. The van der Waals surface area contributed by atoms with Gasteiger partial charge in [-0.1, -0.05) is 11.8 Å². The van der Waals surface area contributed by atoms with Crippen molar-refractivity contribution in [3.63, 3.8) is 0 Å². The number of hydrogen-bond donors (Lipinski definition) is 2. The number of carboxylic acids is 1. The van der Waals surface area contributed by atoms with Crippen LogP contribution in [0.25, 0.3) is 0 Å². The van der Waals surface area contributed by atoms with Gasteiger partial charge in [0.2, 0.25) is 0 Å². The van der Waals surface area contributed by atoms with Crippen LogP contribution in [0.5, 0.6) is 0 Å². The van der Waals surface area contributed by atoms with Gasteiger partial charge >= 0.3 is 12.1 Å². The summed E-state index contributed by atoms with van der Waals surface area (Å²) in [6.45, 7) is 13.1. The molecule has 1 aromatic heterocycles. The maximum Gasteiger partial charge on any atom is 0.410 e. The fraction of sp³-hybridized carbons (Fsp3) is 0.704. The van der Waals surface area contributed by atoms with Crippen molar-refractivity contribution in [3.8, 4) is 11.8 Å². The molecule has 7 nitrogen and oxygen atoms in total. The highest BCUT2D eigenvalue weighted by molar-refractivity contribution is 7.15. The third-order valence-electron chi connectivity index (χ3n) is 6.00. The summed E-state index contributed by atoms with van der Waals surface area (Å²) in [6, 6.07) is 2.09. The molecule has 35 heavy (non-hydrogen) atoms. The number of thiophene rings is 1. The first kappa shape index (κ1) is 27.3. The Morgan fingerprint density at radius 3 is 2.17 bits per heavy atom. The summed E-state index contributed by atoms with van der Waals surface area (Å²) in [5.41, 5.74) is 0.0536. The number of aromatic carboxylic acids is 1. The second-order valence-corrected chi connectivity index (χ2v) is 12.6. The summed E-state index contributed by atoms with van der Waals surface area (Å²) in [5.74, 6) is 5.38. The van der Waals surface area contributed by atoms with E-state index in [4.69, 9.17) is 9.47 Å². The van der Waals surface area contributed by atoms with E-state index in [-0.39, 0.29) is 29.8 Å². The molecule has 2 fully saturated rings. The fourth-order valence-electron chi connectivity index (χ4n) is 4.30. The molecule has 0 aromatic carbocycles. The molecule has 0 unspecified atom stereocenters. The minimum Gasteiger partial charge on any atom is -0.477 e. The monoisotopic (exact) mass is 504 g/mol. The number of piperidine rings is 1. The number of carbonyl (C=O) groups is 2. The lowest BCUT2D eigenvalue weighted by molar-refractivity contribution is -0.0587. The van der Waals surface area contributed by atoms with Crippen LogP contribution in [0.2, 0.25) is 0 Å². The van der Waals surface area contributed by atoms with Gasteiger partial charge in [-0.25, -0.2) is 9.59 Å². The normalized spacial score (nSPS) is 21.7.